The number of benzene rings is 4. The van der Waals surface area contributed by atoms with Gasteiger partial charge in [-0.15, -0.1) is 0 Å². The van der Waals surface area contributed by atoms with Crippen LogP contribution in [0.15, 0.2) is 48.5 Å². The first kappa shape index (κ1) is 41.0. The van der Waals surface area contributed by atoms with E-state index in [0.717, 1.165) is 46.6 Å². The van der Waals surface area contributed by atoms with Gasteiger partial charge in [0.25, 0.3) is 0 Å². The molecule has 53 heavy (non-hydrogen) atoms. The van der Waals surface area contributed by atoms with Crippen molar-refractivity contribution in [1.82, 2.24) is 0 Å². The van der Waals surface area contributed by atoms with Crippen LogP contribution in [0, 0.1) is 41.5 Å². The minimum absolute atomic E-state index is 0.103. The van der Waals surface area contributed by atoms with E-state index in [1.807, 2.05) is 35.7 Å². The molecule has 0 heterocycles. The summed E-state index contributed by atoms with van der Waals surface area (Å²) >= 11 is 3.92. The van der Waals surface area contributed by atoms with Crippen LogP contribution in [-0.4, -0.2) is 20.7 Å². The van der Waals surface area contributed by atoms with Gasteiger partial charge in [0.15, 0.2) is 23.0 Å². The third-order valence-corrected chi connectivity index (χ3v) is 14.2. The van der Waals surface area contributed by atoms with E-state index < -0.39 is 0 Å². The normalized spacial score (nSPS) is 16.8. The fourth-order valence-electron chi connectivity index (χ4n) is 6.95. The van der Waals surface area contributed by atoms with Gasteiger partial charge in [-0.25, -0.2) is 0 Å². The number of rotatable bonds is 10. The first-order chi connectivity index (χ1) is 24.8. The summed E-state index contributed by atoms with van der Waals surface area (Å²) in [5.41, 5.74) is 11.2. The lowest BCUT2D eigenvalue weighted by molar-refractivity contribution is 0.405. The Bertz CT molecular complexity index is 1750. The van der Waals surface area contributed by atoms with Crippen LogP contribution in [0.5, 0.6) is 34.5 Å². The predicted octanol–water partition coefficient (Wildman–Crippen LogP) is 14.0. The van der Waals surface area contributed by atoms with E-state index in [1.54, 1.807) is 0 Å². The lowest BCUT2D eigenvalue weighted by Crippen LogP contribution is -2.19. The molecular formula is C47H62O4S2. The van der Waals surface area contributed by atoms with Crippen LogP contribution in [0.1, 0.15) is 129 Å². The molecule has 0 radical (unpaired) electrons. The second-order valence-corrected chi connectivity index (χ2v) is 19.8. The molecule has 1 fully saturated rings. The van der Waals surface area contributed by atoms with Crippen molar-refractivity contribution in [3.8, 4) is 34.5 Å². The molecular weight excluding hydrogens is 693 g/mol. The Kier molecular flexibility index (Phi) is 12.9. The van der Waals surface area contributed by atoms with Gasteiger partial charge in [-0.2, -0.15) is 23.5 Å². The topological polar surface area (TPSA) is 58.9 Å². The average molecular weight is 755 g/mol. The van der Waals surface area contributed by atoms with Gasteiger partial charge in [0.2, 0.25) is 0 Å². The zero-order valence-electron chi connectivity index (χ0n) is 34.3. The molecule has 4 aromatic rings. The Morgan fingerprint density at radius 1 is 0.528 bits per heavy atom. The molecule has 4 aromatic carbocycles. The SMILES string of the molecule is Cc1cc(Oc2cc(C(C)(C)C)cc(CSC3CCCCCC3SCc3cc(C(C)(C)C)cc(Oc4cc(C)c(C)c(C)c4)c3O)c2O)cc(C)c1C. The summed E-state index contributed by atoms with van der Waals surface area (Å²) in [4.78, 5) is 0. The zero-order valence-corrected chi connectivity index (χ0v) is 35.9. The number of thioether (sulfide) groups is 2. The summed E-state index contributed by atoms with van der Waals surface area (Å²) < 4.78 is 12.9. The third-order valence-electron chi connectivity index (χ3n) is 11.1. The number of hydrogen-bond acceptors (Lipinski definition) is 6. The minimum Gasteiger partial charge on any atom is -0.504 e. The van der Waals surface area contributed by atoms with Crippen LogP contribution < -0.4 is 9.47 Å². The van der Waals surface area contributed by atoms with Crippen LogP contribution in [0.25, 0.3) is 0 Å². The molecule has 286 valence electrons. The van der Waals surface area contributed by atoms with Gasteiger partial charge in [0.1, 0.15) is 11.5 Å². The highest BCUT2D eigenvalue weighted by atomic mass is 32.2. The molecule has 1 aliphatic rings. The van der Waals surface area contributed by atoms with Crippen LogP contribution in [0.2, 0.25) is 0 Å². The summed E-state index contributed by atoms with van der Waals surface area (Å²) in [6.07, 6.45) is 5.94. The van der Waals surface area contributed by atoms with E-state index >= 15 is 0 Å². The molecule has 2 unspecified atom stereocenters. The molecule has 0 bridgehead atoms. The predicted molar refractivity (Wildman–Crippen MR) is 228 cm³/mol. The second kappa shape index (κ2) is 16.7. The van der Waals surface area contributed by atoms with Crippen molar-refractivity contribution in [2.24, 2.45) is 0 Å². The quantitative estimate of drug-likeness (QED) is 0.157. The molecule has 0 amide bonds. The molecule has 0 aromatic heterocycles. The van der Waals surface area contributed by atoms with Crippen molar-refractivity contribution >= 4 is 23.5 Å². The first-order valence-corrected chi connectivity index (χ1v) is 21.4. The highest BCUT2D eigenvalue weighted by Crippen LogP contribution is 2.45. The number of aryl methyl sites for hydroxylation is 4. The largest absolute Gasteiger partial charge is 0.504 e. The van der Waals surface area contributed by atoms with Crippen molar-refractivity contribution < 1.29 is 19.7 Å². The van der Waals surface area contributed by atoms with Gasteiger partial charge in [0, 0.05) is 33.1 Å². The molecule has 0 spiro atoms. The highest BCUT2D eigenvalue weighted by Gasteiger charge is 2.28. The van der Waals surface area contributed by atoms with Crippen molar-refractivity contribution in [2.75, 3.05) is 0 Å². The summed E-state index contributed by atoms with van der Waals surface area (Å²) in [5.74, 6) is 4.42. The molecule has 4 nitrogen and oxygen atoms in total. The van der Waals surface area contributed by atoms with E-state index in [-0.39, 0.29) is 22.3 Å². The maximum Gasteiger partial charge on any atom is 0.169 e. The van der Waals surface area contributed by atoms with Crippen molar-refractivity contribution in [1.29, 1.82) is 0 Å². The van der Waals surface area contributed by atoms with Crippen molar-refractivity contribution in [2.45, 2.75) is 148 Å². The fraction of sp³-hybridized carbons (Fsp3) is 0.489. The monoisotopic (exact) mass is 754 g/mol. The maximum absolute atomic E-state index is 11.7. The van der Waals surface area contributed by atoms with E-state index in [0.29, 0.717) is 33.5 Å². The van der Waals surface area contributed by atoms with E-state index in [4.69, 9.17) is 9.47 Å². The average Bonchev–Trinajstić information content (AvgIpc) is 3.30. The zero-order chi connectivity index (χ0) is 38.8. The van der Waals surface area contributed by atoms with Gasteiger partial charge in [-0.05, 0) is 146 Å². The third kappa shape index (κ3) is 10.1. The lowest BCUT2D eigenvalue weighted by Gasteiger charge is -2.27. The van der Waals surface area contributed by atoms with Crippen molar-refractivity contribution in [3.63, 3.8) is 0 Å². The number of phenols is 2. The minimum atomic E-state index is -0.103. The molecule has 2 atom stereocenters. The van der Waals surface area contributed by atoms with Gasteiger partial charge in [-0.3, -0.25) is 0 Å². The molecule has 2 N–H and O–H groups in total. The lowest BCUT2D eigenvalue weighted by atomic mass is 9.86. The number of ether oxygens (including phenoxy) is 2. The number of aromatic hydroxyl groups is 2. The molecule has 0 aliphatic heterocycles. The highest BCUT2D eigenvalue weighted by molar-refractivity contribution is 8.03. The van der Waals surface area contributed by atoms with Gasteiger partial charge in [-0.1, -0.05) is 72.9 Å². The Labute approximate surface area is 328 Å². The van der Waals surface area contributed by atoms with Crippen molar-refractivity contribution in [3.05, 3.63) is 104 Å². The van der Waals surface area contributed by atoms with Gasteiger partial charge < -0.3 is 19.7 Å². The molecule has 1 saturated carbocycles. The number of phenolic OH excluding ortho intramolecular Hbond substituents is 2. The summed E-state index contributed by atoms with van der Waals surface area (Å²) in [6, 6.07) is 16.6. The van der Waals surface area contributed by atoms with Crippen LogP contribution in [-0.2, 0) is 22.3 Å². The Hall–Kier alpha value is -3.22. The number of hydrogen-bond donors (Lipinski definition) is 2. The van der Waals surface area contributed by atoms with Gasteiger partial charge >= 0.3 is 0 Å². The standard InChI is InChI=1S/C47H62O4S2/c1-28-18-38(19-29(2)32(28)5)50-40-24-36(46(7,8)9)22-34(44(40)48)26-52-42-16-14-13-15-17-43(42)53-27-35-23-37(47(10,11)12)25-41(45(35)49)51-39-20-30(3)33(6)31(4)21-39/h18-25,42-43,48-49H,13-17,26-27H2,1-12H3. The van der Waals surface area contributed by atoms with E-state index in [9.17, 15) is 10.2 Å². The Balaban J connectivity index is 1.38. The van der Waals surface area contributed by atoms with E-state index in [2.05, 4.69) is 119 Å². The summed E-state index contributed by atoms with van der Waals surface area (Å²) in [7, 11) is 0. The molecule has 6 heteroatoms. The summed E-state index contributed by atoms with van der Waals surface area (Å²) in [6.45, 7) is 25.9. The van der Waals surface area contributed by atoms with Gasteiger partial charge in [0.05, 0.1) is 0 Å². The van der Waals surface area contributed by atoms with E-state index in [1.165, 1.54) is 52.6 Å². The molecule has 0 saturated heterocycles. The second-order valence-electron chi connectivity index (χ2n) is 17.4. The van der Waals surface area contributed by atoms with Crippen LogP contribution in [0.3, 0.4) is 0 Å². The molecule has 1 aliphatic carbocycles. The first-order valence-electron chi connectivity index (χ1n) is 19.3. The molecule has 5 rings (SSSR count). The Morgan fingerprint density at radius 3 is 1.19 bits per heavy atom. The van der Waals surface area contributed by atoms with Crippen LogP contribution in [0.4, 0.5) is 0 Å². The van der Waals surface area contributed by atoms with Crippen LogP contribution >= 0.6 is 23.5 Å². The Morgan fingerprint density at radius 2 is 0.868 bits per heavy atom. The maximum atomic E-state index is 11.7. The smallest absolute Gasteiger partial charge is 0.169 e. The fourth-order valence-corrected chi connectivity index (χ4v) is 10.0. The summed E-state index contributed by atoms with van der Waals surface area (Å²) in [5, 5.41) is 24.2.